The lowest BCUT2D eigenvalue weighted by molar-refractivity contribution is -0.117. The molecule has 1 heterocycles. The fraction of sp³-hybridized carbons (Fsp3) is 0.533. The van der Waals surface area contributed by atoms with Gasteiger partial charge in [-0.05, 0) is 38.4 Å². The number of likely N-dealkylation sites (N-methyl/N-ethyl adjacent to an activating group) is 1. The lowest BCUT2D eigenvalue weighted by Gasteiger charge is -2.25. The number of hydrogen-bond acceptors (Lipinski definition) is 3. The first-order chi connectivity index (χ1) is 9.65. The molecule has 20 heavy (non-hydrogen) atoms. The summed E-state index contributed by atoms with van der Waals surface area (Å²) >= 11 is 6.46. The number of rotatable bonds is 5. The monoisotopic (exact) mass is 293 g/mol. The second kappa shape index (κ2) is 5.26. The number of hydrogen-bond donors (Lipinski definition) is 2. The number of fused-ring (bicyclic) bond motifs is 1. The molecular weight excluding hydrogens is 274 g/mol. The van der Waals surface area contributed by atoms with Gasteiger partial charge >= 0.3 is 0 Å². The first-order valence-corrected chi connectivity index (χ1v) is 7.67. The molecule has 1 aliphatic heterocycles. The number of carbonyl (C=O) groups excluding carboxylic acids is 1. The van der Waals surface area contributed by atoms with E-state index in [0.29, 0.717) is 6.04 Å². The average molecular weight is 294 g/mol. The van der Waals surface area contributed by atoms with Crippen molar-refractivity contribution >= 4 is 28.9 Å². The summed E-state index contributed by atoms with van der Waals surface area (Å²) < 4.78 is 0. The Morgan fingerprint density at radius 2 is 2.15 bits per heavy atom. The van der Waals surface area contributed by atoms with Crippen molar-refractivity contribution < 1.29 is 4.79 Å². The van der Waals surface area contributed by atoms with Gasteiger partial charge in [0.25, 0.3) is 0 Å². The Balaban J connectivity index is 1.97. The van der Waals surface area contributed by atoms with Crippen molar-refractivity contribution in [1.82, 2.24) is 5.32 Å². The first-order valence-electron chi connectivity index (χ1n) is 7.30. The summed E-state index contributed by atoms with van der Waals surface area (Å²) in [7, 11) is 0. The fourth-order valence-electron chi connectivity index (χ4n) is 2.91. The van der Waals surface area contributed by atoms with E-state index in [-0.39, 0.29) is 11.9 Å². The number of nitrogens with zero attached hydrogens (tertiary/aromatic N) is 1. The van der Waals surface area contributed by atoms with E-state index in [1.54, 1.807) is 0 Å². The fourth-order valence-corrected chi connectivity index (χ4v) is 3.19. The summed E-state index contributed by atoms with van der Waals surface area (Å²) in [5.74, 6) is 0.00420. The van der Waals surface area contributed by atoms with Crippen molar-refractivity contribution in [1.29, 1.82) is 0 Å². The summed E-state index contributed by atoms with van der Waals surface area (Å²) in [4.78, 5) is 14.3. The highest BCUT2D eigenvalue weighted by Crippen LogP contribution is 2.42. The van der Waals surface area contributed by atoms with Crippen LogP contribution < -0.4 is 15.5 Å². The van der Waals surface area contributed by atoms with E-state index in [9.17, 15) is 4.79 Å². The Kier molecular flexibility index (Phi) is 3.61. The smallest absolute Gasteiger partial charge is 0.246 e. The van der Waals surface area contributed by atoms with Crippen molar-refractivity contribution in [3.05, 3.63) is 22.7 Å². The molecule has 108 valence electrons. The normalized spacial score (nSPS) is 20.8. The lowest BCUT2D eigenvalue weighted by atomic mass is 10.1. The van der Waals surface area contributed by atoms with Gasteiger partial charge in [0.15, 0.2) is 0 Å². The number of nitrogens with one attached hydrogen (secondary N) is 2. The zero-order valence-corrected chi connectivity index (χ0v) is 12.6. The van der Waals surface area contributed by atoms with Crippen LogP contribution in [0.5, 0.6) is 0 Å². The van der Waals surface area contributed by atoms with E-state index in [0.717, 1.165) is 35.1 Å². The number of carbonyl (C=O) groups is 1. The Morgan fingerprint density at radius 1 is 1.40 bits per heavy atom. The van der Waals surface area contributed by atoms with E-state index < -0.39 is 0 Å². The van der Waals surface area contributed by atoms with Gasteiger partial charge in [-0.1, -0.05) is 18.5 Å². The Labute approximate surface area is 124 Å². The van der Waals surface area contributed by atoms with Gasteiger partial charge in [-0.25, -0.2) is 0 Å². The molecule has 0 radical (unpaired) electrons. The SMILES string of the molecule is CCNC1C(=O)Nc2cc(N(CC)C3CC3)c(Cl)cc21. The third-order valence-electron chi connectivity index (χ3n) is 4.00. The molecule has 0 spiro atoms. The van der Waals surface area contributed by atoms with Gasteiger partial charge < -0.3 is 15.5 Å². The predicted octanol–water partition coefficient (Wildman–Crippen LogP) is 2.93. The Hall–Kier alpha value is -1.26. The predicted molar refractivity (Wildman–Crippen MR) is 82.5 cm³/mol. The summed E-state index contributed by atoms with van der Waals surface area (Å²) in [6, 6.07) is 4.28. The summed E-state index contributed by atoms with van der Waals surface area (Å²) in [6.07, 6.45) is 2.46. The van der Waals surface area contributed by atoms with Crippen molar-refractivity contribution in [2.24, 2.45) is 0 Å². The van der Waals surface area contributed by atoms with Gasteiger partial charge in [0.2, 0.25) is 5.91 Å². The molecule has 0 bridgehead atoms. The molecule has 1 aromatic carbocycles. The second-order valence-electron chi connectivity index (χ2n) is 5.39. The zero-order valence-electron chi connectivity index (χ0n) is 11.9. The number of amides is 1. The number of halogens is 1. The molecule has 1 aliphatic carbocycles. The molecule has 1 unspecified atom stereocenters. The maximum absolute atomic E-state index is 12.0. The van der Waals surface area contributed by atoms with Crippen LogP contribution in [0.25, 0.3) is 0 Å². The Morgan fingerprint density at radius 3 is 2.75 bits per heavy atom. The molecule has 3 rings (SSSR count). The van der Waals surface area contributed by atoms with Gasteiger partial charge in [-0.3, -0.25) is 4.79 Å². The summed E-state index contributed by atoms with van der Waals surface area (Å²) in [5.41, 5.74) is 2.88. The van der Waals surface area contributed by atoms with Crippen LogP contribution in [0.3, 0.4) is 0 Å². The highest BCUT2D eigenvalue weighted by atomic mass is 35.5. The molecule has 1 amide bonds. The van der Waals surface area contributed by atoms with Crippen LogP contribution in [-0.4, -0.2) is 25.0 Å². The van der Waals surface area contributed by atoms with Crippen molar-refractivity contribution in [3.63, 3.8) is 0 Å². The average Bonchev–Trinajstić information content (AvgIpc) is 3.20. The third kappa shape index (κ3) is 2.27. The van der Waals surface area contributed by atoms with Crippen LogP contribution in [0.15, 0.2) is 12.1 Å². The first kappa shape index (κ1) is 13.7. The van der Waals surface area contributed by atoms with E-state index in [1.165, 1.54) is 12.8 Å². The van der Waals surface area contributed by atoms with Crippen molar-refractivity contribution in [2.45, 2.75) is 38.8 Å². The molecule has 2 aliphatic rings. The van der Waals surface area contributed by atoms with Gasteiger partial charge in [0.1, 0.15) is 6.04 Å². The molecule has 5 heteroatoms. The van der Waals surface area contributed by atoms with Gasteiger partial charge in [-0.2, -0.15) is 0 Å². The molecule has 4 nitrogen and oxygen atoms in total. The molecule has 2 N–H and O–H groups in total. The van der Waals surface area contributed by atoms with Gasteiger partial charge in [0.05, 0.1) is 10.7 Å². The van der Waals surface area contributed by atoms with Crippen molar-refractivity contribution in [2.75, 3.05) is 23.3 Å². The minimum Gasteiger partial charge on any atom is -0.368 e. The summed E-state index contributed by atoms with van der Waals surface area (Å²) in [6.45, 7) is 5.82. The second-order valence-corrected chi connectivity index (χ2v) is 5.80. The van der Waals surface area contributed by atoms with Crippen LogP contribution in [0.2, 0.25) is 5.02 Å². The van der Waals surface area contributed by atoms with Crippen molar-refractivity contribution in [3.8, 4) is 0 Å². The summed E-state index contributed by atoms with van der Waals surface area (Å²) in [5, 5.41) is 6.88. The molecule has 1 atom stereocenters. The van der Waals surface area contributed by atoms with Crippen LogP contribution in [0.1, 0.15) is 38.3 Å². The van der Waals surface area contributed by atoms with Crippen LogP contribution >= 0.6 is 11.6 Å². The maximum Gasteiger partial charge on any atom is 0.246 e. The van der Waals surface area contributed by atoms with E-state index >= 15 is 0 Å². The standard InChI is InChI=1S/C15H20ClN3O/c1-3-17-14-10-7-11(16)13(8-12(10)18-15(14)20)19(4-2)9-5-6-9/h7-9,14,17H,3-6H2,1-2H3,(H,18,20). The number of anilines is 2. The molecule has 0 aromatic heterocycles. The van der Waals surface area contributed by atoms with E-state index in [4.69, 9.17) is 11.6 Å². The molecule has 1 fully saturated rings. The van der Waals surface area contributed by atoms with Gasteiger partial charge in [-0.15, -0.1) is 0 Å². The molecule has 1 aromatic rings. The zero-order chi connectivity index (χ0) is 14.3. The van der Waals surface area contributed by atoms with Gasteiger partial charge in [0, 0.05) is 23.8 Å². The minimum absolute atomic E-state index is 0.00420. The highest BCUT2D eigenvalue weighted by molar-refractivity contribution is 6.33. The largest absolute Gasteiger partial charge is 0.368 e. The molecule has 1 saturated carbocycles. The maximum atomic E-state index is 12.0. The number of benzene rings is 1. The lowest BCUT2D eigenvalue weighted by Crippen LogP contribution is -2.27. The minimum atomic E-state index is -0.280. The van der Waals surface area contributed by atoms with Crippen LogP contribution in [-0.2, 0) is 4.79 Å². The molecule has 0 saturated heterocycles. The van der Waals surface area contributed by atoms with Crippen LogP contribution in [0.4, 0.5) is 11.4 Å². The quantitative estimate of drug-likeness (QED) is 0.877. The van der Waals surface area contributed by atoms with E-state index in [2.05, 4.69) is 22.5 Å². The Bertz CT molecular complexity index is 542. The van der Waals surface area contributed by atoms with E-state index in [1.807, 2.05) is 19.1 Å². The molecular formula is C15H20ClN3O. The topological polar surface area (TPSA) is 44.4 Å². The third-order valence-corrected chi connectivity index (χ3v) is 4.30. The van der Waals surface area contributed by atoms with Crippen LogP contribution in [0, 0.1) is 0 Å². The highest BCUT2D eigenvalue weighted by Gasteiger charge is 2.34.